The molecule has 166 valence electrons. The number of anilines is 1. The Bertz CT molecular complexity index is 1070. The molecule has 0 aromatic carbocycles. The lowest BCUT2D eigenvalue weighted by Gasteiger charge is -2.24. The van der Waals surface area contributed by atoms with E-state index in [4.69, 9.17) is 14.2 Å². The molecule has 2 aliphatic heterocycles. The Hall–Kier alpha value is -3.09. The van der Waals surface area contributed by atoms with Gasteiger partial charge in [0, 0.05) is 18.0 Å². The molecule has 2 aromatic rings. The first kappa shape index (κ1) is 21.2. The summed E-state index contributed by atoms with van der Waals surface area (Å²) in [6.07, 6.45) is -4.44. The Morgan fingerprint density at radius 1 is 1.16 bits per heavy atom. The number of hydrogen-bond donors (Lipinski definition) is 2. The molecule has 4 atom stereocenters. The van der Waals surface area contributed by atoms with Crippen LogP contribution in [0.25, 0.3) is 11.0 Å². The number of fused-ring (bicyclic) bond motifs is 2. The van der Waals surface area contributed by atoms with Gasteiger partial charge in [-0.15, -0.1) is 4.90 Å². The Morgan fingerprint density at radius 3 is 2.42 bits per heavy atom. The van der Waals surface area contributed by atoms with E-state index in [1.54, 1.807) is 44.5 Å². The van der Waals surface area contributed by atoms with E-state index in [1.165, 1.54) is 0 Å². The van der Waals surface area contributed by atoms with Crippen molar-refractivity contribution in [1.29, 1.82) is 0 Å². The maximum absolute atomic E-state index is 12.5. The summed E-state index contributed by atoms with van der Waals surface area (Å²) in [5.41, 5.74) is 0.627. The van der Waals surface area contributed by atoms with Gasteiger partial charge in [-0.2, -0.15) is 4.98 Å². The number of ether oxygens (including phenoxy) is 3. The number of ketones is 1. The molecule has 2 fully saturated rings. The fourth-order valence-corrected chi connectivity index (χ4v) is 3.99. The zero-order chi connectivity index (χ0) is 22.7. The quantitative estimate of drug-likeness (QED) is 0.732. The fourth-order valence-electron chi connectivity index (χ4n) is 3.99. The zero-order valence-electron chi connectivity index (χ0n) is 17.3. The topological polar surface area (TPSA) is 153 Å². The van der Waals surface area contributed by atoms with Gasteiger partial charge in [0.2, 0.25) is 5.95 Å². The summed E-state index contributed by atoms with van der Waals surface area (Å²) in [5.74, 6) is -1.57. The van der Waals surface area contributed by atoms with Crippen molar-refractivity contribution in [3.8, 4) is 0 Å². The minimum Gasteiger partial charge on any atom is -0.464 e. The number of nitrogens with zero attached hydrogens (tertiary/aromatic N) is 4. The summed E-state index contributed by atoms with van der Waals surface area (Å²) in [6.45, 7) is 6.83. The van der Waals surface area contributed by atoms with Gasteiger partial charge in [-0.25, -0.2) is 14.6 Å². The molecule has 4 heterocycles. The molecule has 2 aromatic heterocycles. The van der Waals surface area contributed by atoms with E-state index in [9.17, 15) is 24.6 Å². The second kappa shape index (κ2) is 7.25. The van der Waals surface area contributed by atoms with Crippen LogP contribution in [0.2, 0.25) is 0 Å². The number of aryl methyl sites for hydroxylation is 1. The summed E-state index contributed by atoms with van der Waals surface area (Å²) in [4.78, 5) is 43.5. The smallest absolute Gasteiger partial charge is 0.424 e. The molecular formula is C19H22N4O8. The van der Waals surface area contributed by atoms with Gasteiger partial charge < -0.3 is 29.0 Å². The van der Waals surface area contributed by atoms with E-state index in [2.05, 4.69) is 9.97 Å². The van der Waals surface area contributed by atoms with E-state index in [0.717, 1.165) is 0 Å². The van der Waals surface area contributed by atoms with Crippen molar-refractivity contribution in [2.75, 3.05) is 4.90 Å². The van der Waals surface area contributed by atoms with Crippen LogP contribution in [0.1, 0.15) is 39.1 Å². The second-order valence-corrected chi connectivity index (χ2v) is 7.80. The summed E-state index contributed by atoms with van der Waals surface area (Å²) >= 11 is 0. The number of imide groups is 1. The monoisotopic (exact) mass is 434 g/mol. The van der Waals surface area contributed by atoms with Gasteiger partial charge in [0.15, 0.2) is 17.8 Å². The van der Waals surface area contributed by atoms with Crippen molar-refractivity contribution in [3.05, 3.63) is 18.0 Å². The predicted octanol–water partition coefficient (Wildman–Crippen LogP) is 2.30. The van der Waals surface area contributed by atoms with E-state index >= 15 is 0 Å². The number of amides is 2. The molecule has 0 radical (unpaired) electrons. The third-order valence-corrected chi connectivity index (χ3v) is 5.30. The SMILES string of the molecule is CCC(=O)[C@H]1O[C@@H](n2ccc3c(C)nc(N(C(=O)O)C(=O)O)nc32)[C@@H]2OC(C)(C)O[C@@H]21. The number of rotatable bonds is 4. The summed E-state index contributed by atoms with van der Waals surface area (Å²) < 4.78 is 19.5. The molecule has 4 rings (SSSR count). The first-order chi connectivity index (χ1) is 14.5. The molecule has 31 heavy (non-hydrogen) atoms. The summed E-state index contributed by atoms with van der Waals surface area (Å²) in [7, 11) is 0. The van der Waals surface area contributed by atoms with Crippen molar-refractivity contribution in [1.82, 2.24) is 14.5 Å². The minimum atomic E-state index is -1.73. The van der Waals surface area contributed by atoms with E-state index in [-0.39, 0.29) is 22.8 Å². The number of carboxylic acid groups (broad SMARTS) is 2. The Labute approximate surface area is 176 Å². The maximum Gasteiger partial charge on any atom is 0.424 e. The van der Waals surface area contributed by atoms with Gasteiger partial charge in [-0.05, 0) is 26.8 Å². The van der Waals surface area contributed by atoms with E-state index in [0.29, 0.717) is 11.1 Å². The molecule has 2 N–H and O–H groups in total. The van der Waals surface area contributed by atoms with Crippen molar-refractivity contribution >= 4 is 35.0 Å². The van der Waals surface area contributed by atoms with Crippen LogP contribution in [0.5, 0.6) is 0 Å². The van der Waals surface area contributed by atoms with Crippen LogP contribution in [0, 0.1) is 6.92 Å². The van der Waals surface area contributed by atoms with Crippen molar-refractivity contribution in [2.45, 2.75) is 64.4 Å². The highest BCUT2D eigenvalue weighted by atomic mass is 16.8. The van der Waals surface area contributed by atoms with E-state index in [1.807, 2.05) is 0 Å². The van der Waals surface area contributed by atoms with Gasteiger partial charge in [0.05, 0.1) is 5.69 Å². The maximum atomic E-state index is 12.5. The first-order valence-electron chi connectivity index (χ1n) is 9.69. The Balaban J connectivity index is 1.81. The summed E-state index contributed by atoms with van der Waals surface area (Å²) in [5, 5.41) is 19.1. The lowest BCUT2D eigenvalue weighted by atomic mass is 10.1. The molecule has 2 aliphatic rings. The molecule has 12 heteroatoms. The second-order valence-electron chi connectivity index (χ2n) is 7.80. The first-order valence-corrected chi connectivity index (χ1v) is 9.69. The molecule has 0 spiro atoms. The molecule has 0 bridgehead atoms. The molecule has 2 amide bonds. The van der Waals surface area contributed by atoms with Gasteiger partial charge in [-0.3, -0.25) is 4.79 Å². The number of hydrogen-bond acceptors (Lipinski definition) is 8. The normalized spacial score (nSPS) is 26.7. The van der Waals surface area contributed by atoms with Crippen LogP contribution < -0.4 is 4.90 Å². The average Bonchev–Trinajstić information content (AvgIpc) is 3.31. The van der Waals surface area contributed by atoms with Crippen LogP contribution in [0.15, 0.2) is 12.3 Å². The lowest BCUT2D eigenvalue weighted by molar-refractivity contribution is -0.196. The fraction of sp³-hybridized carbons (Fsp3) is 0.526. The average molecular weight is 434 g/mol. The van der Waals surface area contributed by atoms with Gasteiger partial charge in [-0.1, -0.05) is 6.92 Å². The van der Waals surface area contributed by atoms with Crippen molar-refractivity contribution in [2.24, 2.45) is 0 Å². The van der Waals surface area contributed by atoms with Crippen LogP contribution in [-0.4, -0.2) is 66.8 Å². The third-order valence-electron chi connectivity index (χ3n) is 5.30. The Morgan fingerprint density at radius 2 is 1.81 bits per heavy atom. The number of Topliss-reactive ketones (excluding diaryl/α,β-unsaturated/α-hetero) is 1. The van der Waals surface area contributed by atoms with Gasteiger partial charge >= 0.3 is 12.2 Å². The Kier molecular flexibility index (Phi) is 4.95. The molecule has 0 unspecified atom stereocenters. The highest BCUT2D eigenvalue weighted by molar-refractivity contribution is 6.06. The van der Waals surface area contributed by atoms with Crippen LogP contribution in [0.3, 0.4) is 0 Å². The van der Waals surface area contributed by atoms with Crippen molar-refractivity contribution < 1.29 is 38.8 Å². The molecule has 0 aliphatic carbocycles. The standard InChI is InChI=1S/C19H22N4O8/c1-5-10(24)11-12-13(31-19(3,4)30-12)15(29-11)22-7-6-9-8(2)20-16(21-14(9)22)23(17(25)26)18(27)28/h6-7,11-13,15H,5H2,1-4H3,(H,25,26)(H,27,28)/t11-,12-,13-,15-/m1/s1. The van der Waals surface area contributed by atoms with Crippen LogP contribution >= 0.6 is 0 Å². The van der Waals surface area contributed by atoms with Gasteiger partial charge in [0.1, 0.15) is 24.0 Å². The predicted molar refractivity (Wildman–Crippen MR) is 104 cm³/mol. The van der Waals surface area contributed by atoms with E-state index < -0.39 is 48.5 Å². The van der Waals surface area contributed by atoms with Gasteiger partial charge in [0.25, 0.3) is 0 Å². The third kappa shape index (κ3) is 3.42. The largest absolute Gasteiger partial charge is 0.464 e. The number of aromatic nitrogens is 3. The van der Waals surface area contributed by atoms with Crippen LogP contribution in [-0.2, 0) is 19.0 Å². The summed E-state index contributed by atoms with van der Waals surface area (Å²) in [6, 6.07) is 1.70. The zero-order valence-corrected chi connectivity index (χ0v) is 17.3. The molecule has 0 saturated carbocycles. The highest BCUT2D eigenvalue weighted by Crippen LogP contribution is 2.44. The molecule has 2 saturated heterocycles. The molecular weight excluding hydrogens is 412 g/mol. The lowest BCUT2D eigenvalue weighted by Crippen LogP contribution is -2.36. The number of carbonyl (C=O) groups is 3. The highest BCUT2D eigenvalue weighted by Gasteiger charge is 2.57. The molecule has 12 nitrogen and oxygen atoms in total. The number of carbonyl (C=O) groups excluding carboxylic acids is 1. The van der Waals surface area contributed by atoms with Crippen LogP contribution in [0.4, 0.5) is 15.5 Å². The van der Waals surface area contributed by atoms with Crippen molar-refractivity contribution in [3.63, 3.8) is 0 Å². The minimum absolute atomic E-state index is 0.0315.